The molecule has 2 aromatic rings. The topological polar surface area (TPSA) is 97.2 Å². The molecule has 7 nitrogen and oxygen atoms in total. The van der Waals surface area contributed by atoms with Crippen molar-refractivity contribution in [2.45, 2.75) is 0 Å². The van der Waals surface area contributed by atoms with E-state index in [1.165, 1.54) is 25.8 Å². The van der Waals surface area contributed by atoms with Gasteiger partial charge in [-0.25, -0.2) is 19.7 Å². The summed E-state index contributed by atoms with van der Waals surface area (Å²) in [6.07, 6.45) is 4.02. The normalized spacial score (nSPS) is 9.83. The molecule has 0 bridgehead atoms. The first-order valence-electron chi connectivity index (χ1n) is 5.01. The van der Waals surface area contributed by atoms with E-state index in [1.54, 1.807) is 12.1 Å². The number of ether oxygens (including phenoxy) is 1. The molecule has 0 unspecified atom stereocenters. The van der Waals surface area contributed by atoms with E-state index in [1.807, 2.05) is 0 Å². The number of nitrogens with one attached hydrogen (secondary N) is 1. The number of carbonyl (C=O) groups is 1. The summed E-state index contributed by atoms with van der Waals surface area (Å²) in [5.74, 6) is -0.411. The van der Waals surface area contributed by atoms with E-state index in [-0.39, 0.29) is 11.4 Å². The average Bonchev–Trinajstić information content (AvgIpc) is 2.40. The second-order valence-electron chi connectivity index (χ2n) is 3.30. The number of hydrogen-bond acceptors (Lipinski definition) is 6. The minimum absolute atomic E-state index is 0.00619. The Labute approximate surface area is 102 Å². The Morgan fingerprint density at radius 2 is 2.17 bits per heavy atom. The first-order chi connectivity index (χ1) is 8.70. The Morgan fingerprint density at radius 3 is 2.78 bits per heavy atom. The van der Waals surface area contributed by atoms with Crippen LogP contribution in [0.1, 0.15) is 10.4 Å². The summed E-state index contributed by atoms with van der Waals surface area (Å²) in [5, 5.41) is 11.8. The van der Waals surface area contributed by atoms with Crippen molar-refractivity contribution in [1.29, 1.82) is 0 Å². The fraction of sp³-hybridized carbons (Fsp3) is 0.0909. The van der Waals surface area contributed by atoms with E-state index in [9.17, 15) is 4.79 Å². The fourth-order valence-corrected chi connectivity index (χ4v) is 1.30. The molecule has 2 aromatic heterocycles. The van der Waals surface area contributed by atoms with E-state index >= 15 is 0 Å². The van der Waals surface area contributed by atoms with Crippen LogP contribution >= 0.6 is 0 Å². The zero-order valence-corrected chi connectivity index (χ0v) is 9.49. The van der Waals surface area contributed by atoms with Crippen LogP contribution in [0.2, 0.25) is 0 Å². The maximum absolute atomic E-state index is 11.0. The molecule has 0 aromatic carbocycles. The van der Waals surface area contributed by atoms with E-state index in [0.717, 1.165) is 0 Å². The SMILES string of the molecule is COc1ccc(Nc2ncncc2C(=O)O)cn1. The summed E-state index contributed by atoms with van der Waals surface area (Å²) in [6, 6.07) is 3.36. The van der Waals surface area contributed by atoms with Crippen LogP contribution < -0.4 is 10.1 Å². The fourth-order valence-electron chi connectivity index (χ4n) is 1.30. The number of hydrogen-bond donors (Lipinski definition) is 2. The molecule has 0 fully saturated rings. The quantitative estimate of drug-likeness (QED) is 0.839. The third-order valence-corrected chi connectivity index (χ3v) is 2.15. The average molecular weight is 246 g/mol. The van der Waals surface area contributed by atoms with Gasteiger partial charge in [-0.05, 0) is 6.07 Å². The van der Waals surface area contributed by atoms with Crippen molar-refractivity contribution in [1.82, 2.24) is 15.0 Å². The number of nitrogens with zero attached hydrogens (tertiary/aromatic N) is 3. The predicted octanol–water partition coefficient (Wildman–Crippen LogP) is 1.32. The Hall–Kier alpha value is -2.70. The summed E-state index contributed by atoms with van der Waals surface area (Å²) in [7, 11) is 1.52. The summed E-state index contributed by atoms with van der Waals surface area (Å²) < 4.78 is 4.92. The molecule has 0 aliphatic rings. The van der Waals surface area contributed by atoms with Gasteiger partial charge in [0.1, 0.15) is 17.7 Å². The molecule has 7 heteroatoms. The number of methoxy groups -OCH3 is 1. The Kier molecular flexibility index (Phi) is 3.33. The van der Waals surface area contributed by atoms with Gasteiger partial charge in [0.15, 0.2) is 0 Å². The molecular formula is C11H10N4O3. The van der Waals surface area contributed by atoms with Crippen LogP contribution in [0.25, 0.3) is 0 Å². The zero-order valence-electron chi connectivity index (χ0n) is 9.49. The number of aromatic carboxylic acids is 1. The van der Waals surface area contributed by atoms with Gasteiger partial charge >= 0.3 is 5.97 Å². The molecule has 0 radical (unpaired) electrons. The largest absolute Gasteiger partial charge is 0.481 e. The van der Waals surface area contributed by atoms with Crippen molar-refractivity contribution in [2.24, 2.45) is 0 Å². The molecule has 2 N–H and O–H groups in total. The number of aromatic nitrogens is 3. The molecule has 18 heavy (non-hydrogen) atoms. The lowest BCUT2D eigenvalue weighted by atomic mass is 10.3. The minimum atomic E-state index is -1.10. The van der Waals surface area contributed by atoms with Crippen LogP contribution in [0.15, 0.2) is 30.9 Å². The number of carboxylic acid groups (broad SMARTS) is 1. The molecule has 0 atom stereocenters. The second kappa shape index (κ2) is 5.09. The van der Waals surface area contributed by atoms with E-state index in [4.69, 9.17) is 9.84 Å². The monoisotopic (exact) mass is 246 g/mol. The Balaban J connectivity index is 2.25. The van der Waals surface area contributed by atoms with Crippen molar-refractivity contribution in [3.05, 3.63) is 36.4 Å². The molecule has 2 rings (SSSR count). The third kappa shape index (κ3) is 2.51. The highest BCUT2D eigenvalue weighted by atomic mass is 16.5. The van der Waals surface area contributed by atoms with E-state index in [2.05, 4.69) is 20.3 Å². The molecular weight excluding hydrogens is 236 g/mol. The first kappa shape index (κ1) is 11.8. The van der Waals surface area contributed by atoms with Gasteiger partial charge in [0.2, 0.25) is 5.88 Å². The van der Waals surface area contributed by atoms with Crippen LogP contribution in [0.3, 0.4) is 0 Å². The lowest BCUT2D eigenvalue weighted by molar-refractivity contribution is 0.0697. The van der Waals surface area contributed by atoms with Gasteiger partial charge < -0.3 is 15.2 Å². The van der Waals surface area contributed by atoms with Crippen molar-refractivity contribution < 1.29 is 14.6 Å². The summed E-state index contributed by atoms with van der Waals surface area (Å²) in [4.78, 5) is 22.5. The van der Waals surface area contributed by atoms with Gasteiger partial charge in [-0.3, -0.25) is 0 Å². The number of anilines is 2. The van der Waals surface area contributed by atoms with Gasteiger partial charge in [0, 0.05) is 12.3 Å². The van der Waals surface area contributed by atoms with Crippen LogP contribution in [0.4, 0.5) is 11.5 Å². The summed E-state index contributed by atoms with van der Waals surface area (Å²) in [5.41, 5.74) is 0.602. The second-order valence-corrected chi connectivity index (χ2v) is 3.30. The minimum Gasteiger partial charge on any atom is -0.481 e. The zero-order chi connectivity index (χ0) is 13.0. The van der Waals surface area contributed by atoms with Crippen molar-refractivity contribution >= 4 is 17.5 Å². The van der Waals surface area contributed by atoms with Crippen molar-refractivity contribution in [2.75, 3.05) is 12.4 Å². The molecule has 0 saturated carbocycles. The van der Waals surface area contributed by atoms with Gasteiger partial charge in [0.05, 0.1) is 19.0 Å². The van der Waals surface area contributed by atoms with E-state index in [0.29, 0.717) is 11.6 Å². The van der Waals surface area contributed by atoms with Crippen LogP contribution in [-0.2, 0) is 0 Å². The highest BCUT2D eigenvalue weighted by molar-refractivity contribution is 5.93. The number of pyridine rings is 1. The maximum Gasteiger partial charge on any atom is 0.341 e. The molecule has 0 aliphatic heterocycles. The highest BCUT2D eigenvalue weighted by Crippen LogP contribution is 2.18. The van der Waals surface area contributed by atoms with Crippen molar-refractivity contribution in [3.63, 3.8) is 0 Å². The smallest absolute Gasteiger partial charge is 0.341 e. The lowest BCUT2D eigenvalue weighted by Gasteiger charge is -2.07. The van der Waals surface area contributed by atoms with Crippen LogP contribution in [-0.4, -0.2) is 33.1 Å². The molecule has 2 heterocycles. The van der Waals surface area contributed by atoms with Crippen LogP contribution in [0, 0.1) is 0 Å². The van der Waals surface area contributed by atoms with Gasteiger partial charge in [-0.2, -0.15) is 0 Å². The lowest BCUT2D eigenvalue weighted by Crippen LogP contribution is -2.05. The molecule has 0 saturated heterocycles. The number of rotatable bonds is 4. The third-order valence-electron chi connectivity index (χ3n) is 2.15. The van der Waals surface area contributed by atoms with Gasteiger partial charge in [0.25, 0.3) is 0 Å². The Morgan fingerprint density at radius 1 is 1.33 bits per heavy atom. The van der Waals surface area contributed by atoms with Gasteiger partial charge in [-0.1, -0.05) is 0 Å². The molecule has 0 aliphatic carbocycles. The first-order valence-corrected chi connectivity index (χ1v) is 5.01. The molecule has 92 valence electrons. The van der Waals surface area contributed by atoms with E-state index < -0.39 is 5.97 Å². The molecule has 0 spiro atoms. The van der Waals surface area contributed by atoms with Gasteiger partial charge in [-0.15, -0.1) is 0 Å². The summed E-state index contributed by atoms with van der Waals surface area (Å²) in [6.45, 7) is 0. The Bertz CT molecular complexity index is 556. The number of carboxylic acids is 1. The maximum atomic E-state index is 11.0. The molecule has 0 amide bonds. The summed E-state index contributed by atoms with van der Waals surface area (Å²) >= 11 is 0. The highest BCUT2D eigenvalue weighted by Gasteiger charge is 2.11. The van der Waals surface area contributed by atoms with Crippen molar-refractivity contribution in [3.8, 4) is 5.88 Å². The standard InChI is InChI=1S/C11H10N4O3/c1-18-9-3-2-7(4-13-9)15-10-8(11(16)17)5-12-6-14-10/h2-6H,1H3,(H,16,17)(H,12,14,15). The van der Waals surface area contributed by atoms with Crippen LogP contribution in [0.5, 0.6) is 5.88 Å². The predicted molar refractivity (Wildman–Crippen MR) is 63.1 cm³/mol.